The van der Waals surface area contributed by atoms with Crippen molar-refractivity contribution in [3.8, 4) is 0 Å². The van der Waals surface area contributed by atoms with Crippen molar-refractivity contribution >= 4 is 11.8 Å². The molecule has 0 aliphatic carbocycles. The van der Waals surface area contributed by atoms with Crippen molar-refractivity contribution in [3.05, 3.63) is 35.9 Å². The minimum absolute atomic E-state index is 0.0515. The minimum atomic E-state index is 0.0515. The van der Waals surface area contributed by atoms with Gasteiger partial charge >= 0.3 is 0 Å². The van der Waals surface area contributed by atoms with Crippen molar-refractivity contribution in [1.82, 2.24) is 9.80 Å². The Morgan fingerprint density at radius 1 is 1.05 bits per heavy atom. The van der Waals surface area contributed by atoms with Crippen LogP contribution in [0.4, 0.5) is 0 Å². The Kier molecular flexibility index (Phi) is 4.73. The van der Waals surface area contributed by atoms with E-state index in [0.717, 1.165) is 19.4 Å². The van der Waals surface area contributed by atoms with Crippen LogP contribution in [0, 0.1) is 0 Å². The molecule has 118 valence electrons. The maximum Gasteiger partial charge on any atom is 0.253 e. The van der Waals surface area contributed by atoms with E-state index in [0.29, 0.717) is 38.2 Å². The van der Waals surface area contributed by atoms with Crippen LogP contribution >= 0.6 is 0 Å². The Morgan fingerprint density at radius 2 is 1.68 bits per heavy atom. The van der Waals surface area contributed by atoms with E-state index in [4.69, 9.17) is 4.74 Å². The smallest absolute Gasteiger partial charge is 0.253 e. The first-order chi connectivity index (χ1) is 10.7. The molecule has 2 amide bonds. The number of benzene rings is 1. The van der Waals surface area contributed by atoms with E-state index in [9.17, 15) is 9.59 Å². The number of hydrogen-bond acceptors (Lipinski definition) is 3. The standard InChI is InChI=1S/C17H22N2O3/c20-16(7-6-15-8-13-22-15)18-9-11-19(12-10-18)17(21)14-4-2-1-3-5-14/h1-5,15H,6-13H2. The number of hydrogen-bond donors (Lipinski definition) is 0. The molecule has 2 aliphatic rings. The lowest BCUT2D eigenvalue weighted by molar-refractivity contribution is -0.134. The van der Waals surface area contributed by atoms with Crippen LogP contribution in [0.25, 0.3) is 0 Å². The number of piperazine rings is 1. The van der Waals surface area contributed by atoms with E-state index in [1.54, 1.807) is 0 Å². The van der Waals surface area contributed by atoms with Gasteiger partial charge in [0.2, 0.25) is 5.91 Å². The van der Waals surface area contributed by atoms with E-state index in [-0.39, 0.29) is 17.9 Å². The van der Waals surface area contributed by atoms with Crippen LogP contribution in [0.15, 0.2) is 30.3 Å². The van der Waals surface area contributed by atoms with Gasteiger partial charge < -0.3 is 14.5 Å². The summed E-state index contributed by atoms with van der Waals surface area (Å²) in [5, 5.41) is 0. The fourth-order valence-corrected chi connectivity index (χ4v) is 2.88. The van der Waals surface area contributed by atoms with Gasteiger partial charge in [-0.05, 0) is 25.0 Å². The number of nitrogens with zero attached hydrogens (tertiary/aromatic N) is 2. The molecule has 0 aromatic heterocycles. The van der Waals surface area contributed by atoms with Crippen LogP contribution < -0.4 is 0 Å². The number of carbonyl (C=O) groups is 2. The molecule has 1 atom stereocenters. The van der Waals surface area contributed by atoms with Gasteiger partial charge in [0.1, 0.15) is 0 Å². The molecule has 3 rings (SSSR count). The van der Waals surface area contributed by atoms with Crippen LogP contribution in [-0.2, 0) is 9.53 Å². The lowest BCUT2D eigenvalue weighted by atomic mass is 10.1. The fourth-order valence-electron chi connectivity index (χ4n) is 2.88. The largest absolute Gasteiger partial charge is 0.378 e. The van der Waals surface area contributed by atoms with Gasteiger partial charge in [-0.15, -0.1) is 0 Å². The first kappa shape index (κ1) is 15.0. The van der Waals surface area contributed by atoms with E-state index >= 15 is 0 Å². The minimum Gasteiger partial charge on any atom is -0.378 e. The zero-order valence-electron chi connectivity index (χ0n) is 12.7. The van der Waals surface area contributed by atoms with Gasteiger partial charge in [0.25, 0.3) is 5.91 Å². The zero-order valence-corrected chi connectivity index (χ0v) is 12.7. The summed E-state index contributed by atoms with van der Waals surface area (Å²) in [5.74, 6) is 0.234. The molecule has 0 radical (unpaired) electrons. The van der Waals surface area contributed by atoms with Crippen molar-refractivity contribution in [2.24, 2.45) is 0 Å². The van der Waals surface area contributed by atoms with Gasteiger partial charge in [0, 0.05) is 44.8 Å². The van der Waals surface area contributed by atoms with Crippen LogP contribution in [0.3, 0.4) is 0 Å². The van der Waals surface area contributed by atoms with E-state index in [1.807, 2.05) is 40.1 Å². The molecule has 22 heavy (non-hydrogen) atoms. The van der Waals surface area contributed by atoms with Crippen molar-refractivity contribution in [2.45, 2.75) is 25.4 Å². The summed E-state index contributed by atoms with van der Waals surface area (Å²) in [4.78, 5) is 28.2. The van der Waals surface area contributed by atoms with Crippen molar-refractivity contribution in [3.63, 3.8) is 0 Å². The van der Waals surface area contributed by atoms with Gasteiger partial charge in [-0.25, -0.2) is 0 Å². The van der Waals surface area contributed by atoms with Crippen LogP contribution in [0.1, 0.15) is 29.6 Å². The summed E-state index contributed by atoms with van der Waals surface area (Å²) < 4.78 is 5.34. The molecule has 0 bridgehead atoms. The van der Waals surface area contributed by atoms with E-state index < -0.39 is 0 Å². The Morgan fingerprint density at radius 3 is 2.27 bits per heavy atom. The number of ether oxygens (including phenoxy) is 1. The van der Waals surface area contributed by atoms with Crippen LogP contribution in [0.5, 0.6) is 0 Å². The molecule has 5 nitrogen and oxygen atoms in total. The third kappa shape index (κ3) is 3.47. The van der Waals surface area contributed by atoms with E-state index in [2.05, 4.69) is 0 Å². The predicted octanol–water partition coefficient (Wildman–Crippen LogP) is 1.54. The van der Waals surface area contributed by atoms with Crippen molar-refractivity contribution < 1.29 is 14.3 Å². The Balaban J connectivity index is 1.45. The quantitative estimate of drug-likeness (QED) is 0.848. The van der Waals surface area contributed by atoms with E-state index in [1.165, 1.54) is 0 Å². The third-order valence-electron chi connectivity index (χ3n) is 4.41. The zero-order chi connectivity index (χ0) is 15.4. The lowest BCUT2D eigenvalue weighted by Crippen LogP contribution is -2.50. The second-order valence-electron chi connectivity index (χ2n) is 5.86. The number of amides is 2. The normalized spacial score (nSPS) is 21.4. The lowest BCUT2D eigenvalue weighted by Gasteiger charge is -2.35. The molecule has 2 heterocycles. The average molecular weight is 302 g/mol. The highest BCUT2D eigenvalue weighted by molar-refractivity contribution is 5.94. The number of carbonyl (C=O) groups excluding carboxylic acids is 2. The van der Waals surface area contributed by atoms with Gasteiger partial charge in [-0.1, -0.05) is 18.2 Å². The summed E-state index contributed by atoms with van der Waals surface area (Å²) in [6, 6.07) is 9.31. The fraction of sp³-hybridized carbons (Fsp3) is 0.529. The molecule has 1 aromatic rings. The molecule has 1 aromatic carbocycles. The summed E-state index contributed by atoms with van der Waals surface area (Å²) in [6.07, 6.45) is 2.73. The Hall–Kier alpha value is -1.88. The Bertz CT molecular complexity index is 520. The third-order valence-corrected chi connectivity index (χ3v) is 4.41. The molecule has 0 N–H and O–H groups in total. The highest BCUT2D eigenvalue weighted by Gasteiger charge is 2.26. The first-order valence-electron chi connectivity index (χ1n) is 7.98. The molecule has 2 saturated heterocycles. The SMILES string of the molecule is O=C(CCC1CCO1)N1CCN(C(=O)c2ccccc2)CC1. The monoisotopic (exact) mass is 302 g/mol. The van der Waals surface area contributed by atoms with Crippen LogP contribution in [-0.4, -0.2) is 60.5 Å². The first-order valence-corrected chi connectivity index (χ1v) is 7.98. The van der Waals surface area contributed by atoms with Gasteiger partial charge in [0.05, 0.1) is 6.10 Å². The Labute approximate surface area is 130 Å². The molecule has 1 unspecified atom stereocenters. The topological polar surface area (TPSA) is 49.9 Å². The molecule has 5 heteroatoms. The highest BCUT2D eigenvalue weighted by Crippen LogP contribution is 2.17. The predicted molar refractivity (Wildman–Crippen MR) is 82.5 cm³/mol. The summed E-state index contributed by atoms with van der Waals surface area (Å²) >= 11 is 0. The second kappa shape index (κ2) is 6.92. The maximum absolute atomic E-state index is 12.3. The molecular formula is C17H22N2O3. The van der Waals surface area contributed by atoms with Crippen molar-refractivity contribution in [1.29, 1.82) is 0 Å². The summed E-state index contributed by atoms with van der Waals surface area (Å²) in [5.41, 5.74) is 0.712. The maximum atomic E-state index is 12.3. The molecular weight excluding hydrogens is 280 g/mol. The molecule has 2 aliphatic heterocycles. The number of rotatable bonds is 4. The molecule has 0 spiro atoms. The van der Waals surface area contributed by atoms with Gasteiger partial charge in [-0.3, -0.25) is 9.59 Å². The molecule has 2 fully saturated rings. The van der Waals surface area contributed by atoms with Crippen LogP contribution in [0.2, 0.25) is 0 Å². The summed E-state index contributed by atoms with van der Waals surface area (Å²) in [7, 11) is 0. The van der Waals surface area contributed by atoms with Crippen molar-refractivity contribution in [2.75, 3.05) is 32.8 Å². The summed E-state index contributed by atoms with van der Waals surface area (Å²) in [6.45, 7) is 3.31. The molecule has 0 saturated carbocycles. The highest BCUT2D eigenvalue weighted by atomic mass is 16.5. The average Bonchev–Trinajstić information content (AvgIpc) is 2.53. The van der Waals surface area contributed by atoms with Gasteiger partial charge in [0.15, 0.2) is 0 Å². The van der Waals surface area contributed by atoms with Gasteiger partial charge in [-0.2, -0.15) is 0 Å². The second-order valence-corrected chi connectivity index (χ2v) is 5.86.